The zero-order valence-electron chi connectivity index (χ0n) is 10.7. The molecule has 0 saturated heterocycles. The van der Waals surface area contributed by atoms with Gasteiger partial charge in [-0.15, -0.1) is 0 Å². The molecule has 2 rings (SSSR count). The number of nitro benzene ring substituents is 1. The number of hydrogen-bond acceptors (Lipinski definition) is 4. The highest BCUT2D eigenvalue weighted by Crippen LogP contribution is 2.29. The summed E-state index contributed by atoms with van der Waals surface area (Å²) < 4.78 is 11.1. The highest BCUT2D eigenvalue weighted by Gasteiger charge is 2.12. The van der Waals surface area contributed by atoms with Gasteiger partial charge in [0.25, 0.3) is 5.69 Å². The molecule has 0 heterocycles. The molecule has 6 heteroatoms. The summed E-state index contributed by atoms with van der Waals surface area (Å²) in [5.74, 6) is 1.32. The third kappa shape index (κ3) is 3.48. The fraction of sp³-hybridized carbons (Fsp3) is 0.143. The lowest BCUT2D eigenvalue weighted by atomic mass is 10.2. The van der Waals surface area contributed by atoms with Gasteiger partial charge in [-0.25, -0.2) is 0 Å². The summed E-state index contributed by atoms with van der Waals surface area (Å²) in [5, 5.41) is 10.7. The van der Waals surface area contributed by atoms with Crippen molar-refractivity contribution in [3.63, 3.8) is 0 Å². The van der Waals surface area contributed by atoms with E-state index < -0.39 is 4.92 Å². The second-order valence-corrected chi connectivity index (χ2v) is 4.86. The molecule has 0 aliphatic rings. The van der Waals surface area contributed by atoms with Crippen LogP contribution in [0.4, 0.5) is 5.69 Å². The Kier molecular flexibility index (Phi) is 4.57. The Balaban J connectivity index is 2.07. The first-order valence-electron chi connectivity index (χ1n) is 5.80. The maximum Gasteiger partial charge on any atom is 0.283 e. The van der Waals surface area contributed by atoms with Crippen molar-refractivity contribution in [3.05, 3.63) is 62.6 Å². The molecule has 0 atom stereocenters. The van der Waals surface area contributed by atoms with Gasteiger partial charge < -0.3 is 9.47 Å². The molecule has 0 amide bonds. The van der Waals surface area contributed by atoms with Gasteiger partial charge in [-0.2, -0.15) is 0 Å². The molecule has 0 spiro atoms. The normalized spacial score (nSPS) is 10.1. The molecule has 0 radical (unpaired) electrons. The van der Waals surface area contributed by atoms with Crippen LogP contribution in [0.2, 0.25) is 0 Å². The van der Waals surface area contributed by atoms with E-state index in [2.05, 4.69) is 15.9 Å². The highest BCUT2D eigenvalue weighted by atomic mass is 79.9. The largest absolute Gasteiger partial charge is 0.497 e. The van der Waals surface area contributed by atoms with Crippen LogP contribution >= 0.6 is 15.9 Å². The van der Waals surface area contributed by atoms with E-state index >= 15 is 0 Å². The first-order valence-corrected chi connectivity index (χ1v) is 6.59. The van der Waals surface area contributed by atoms with Crippen LogP contribution in [0.25, 0.3) is 0 Å². The summed E-state index contributed by atoms with van der Waals surface area (Å²) in [6.45, 7) is 0.363. The predicted molar refractivity (Wildman–Crippen MR) is 78.1 cm³/mol. The molecule has 2 aromatic rings. The molecule has 5 nitrogen and oxygen atoms in total. The standard InChI is InChI=1S/C14H12BrNO4/c1-19-11-4-2-3-10(7-11)9-20-12-5-6-14(16(17)18)13(15)8-12/h2-8H,9H2,1H3. The van der Waals surface area contributed by atoms with Crippen LogP contribution in [-0.4, -0.2) is 12.0 Å². The van der Waals surface area contributed by atoms with Crippen LogP contribution < -0.4 is 9.47 Å². The Labute approximate surface area is 124 Å². The molecule has 0 aliphatic heterocycles. The van der Waals surface area contributed by atoms with Gasteiger partial charge in [0, 0.05) is 12.1 Å². The maximum atomic E-state index is 10.7. The number of halogens is 1. The number of nitro groups is 1. The molecule has 0 fully saturated rings. The quantitative estimate of drug-likeness (QED) is 0.612. The van der Waals surface area contributed by atoms with E-state index in [4.69, 9.17) is 9.47 Å². The van der Waals surface area contributed by atoms with E-state index in [1.807, 2.05) is 24.3 Å². The molecule has 0 unspecified atom stereocenters. The molecule has 104 valence electrons. The highest BCUT2D eigenvalue weighted by molar-refractivity contribution is 9.10. The first-order chi connectivity index (χ1) is 9.60. The predicted octanol–water partition coefficient (Wildman–Crippen LogP) is 3.94. The van der Waals surface area contributed by atoms with Crippen molar-refractivity contribution in [2.45, 2.75) is 6.61 Å². The number of nitrogens with zero attached hydrogens (tertiary/aromatic N) is 1. The smallest absolute Gasteiger partial charge is 0.283 e. The number of methoxy groups -OCH3 is 1. The minimum absolute atomic E-state index is 0.0127. The monoisotopic (exact) mass is 337 g/mol. The van der Waals surface area contributed by atoms with Gasteiger partial charge in [0.2, 0.25) is 0 Å². The lowest BCUT2D eigenvalue weighted by molar-refractivity contribution is -0.385. The Morgan fingerprint density at radius 3 is 2.65 bits per heavy atom. The fourth-order valence-electron chi connectivity index (χ4n) is 1.65. The third-order valence-electron chi connectivity index (χ3n) is 2.66. The van der Waals surface area contributed by atoms with E-state index in [0.717, 1.165) is 11.3 Å². The second-order valence-electron chi connectivity index (χ2n) is 4.01. The minimum Gasteiger partial charge on any atom is -0.497 e. The second kappa shape index (κ2) is 6.38. The van der Waals surface area contributed by atoms with Crippen molar-refractivity contribution >= 4 is 21.6 Å². The summed E-state index contributed by atoms with van der Waals surface area (Å²) in [4.78, 5) is 10.3. The maximum absolute atomic E-state index is 10.7. The lowest BCUT2D eigenvalue weighted by Crippen LogP contribution is -1.97. The molecule has 0 bridgehead atoms. The van der Waals surface area contributed by atoms with E-state index in [9.17, 15) is 10.1 Å². The van der Waals surface area contributed by atoms with Crippen molar-refractivity contribution in [3.8, 4) is 11.5 Å². The lowest BCUT2D eigenvalue weighted by Gasteiger charge is -2.08. The third-order valence-corrected chi connectivity index (χ3v) is 3.29. The van der Waals surface area contributed by atoms with Crippen molar-refractivity contribution in [1.29, 1.82) is 0 Å². The van der Waals surface area contributed by atoms with Crippen LogP contribution in [0.1, 0.15) is 5.56 Å². The Bertz CT molecular complexity index is 630. The van der Waals surface area contributed by atoms with Crippen molar-refractivity contribution < 1.29 is 14.4 Å². The van der Waals surface area contributed by atoms with E-state index in [1.165, 1.54) is 6.07 Å². The SMILES string of the molecule is COc1cccc(COc2ccc([N+](=O)[O-])c(Br)c2)c1. The van der Waals surface area contributed by atoms with Crippen molar-refractivity contribution in [2.24, 2.45) is 0 Å². The molecule has 0 aromatic heterocycles. The average Bonchev–Trinajstić information content (AvgIpc) is 2.45. The number of rotatable bonds is 5. The van der Waals surface area contributed by atoms with Crippen molar-refractivity contribution in [2.75, 3.05) is 7.11 Å². The van der Waals surface area contributed by atoms with E-state index in [0.29, 0.717) is 16.8 Å². The minimum atomic E-state index is -0.448. The number of ether oxygens (including phenoxy) is 2. The van der Waals surface area contributed by atoms with Crippen LogP contribution in [-0.2, 0) is 6.61 Å². The van der Waals surface area contributed by atoms with Crippen LogP contribution in [0.3, 0.4) is 0 Å². The Morgan fingerprint density at radius 2 is 2.00 bits per heavy atom. The molecule has 2 aromatic carbocycles. The zero-order chi connectivity index (χ0) is 14.5. The fourth-order valence-corrected chi connectivity index (χ4v) is 2.16. The Morgan fingerprint density at radius 1 is 1.20 bits per heavy atom. The molecular formula is C14H12BrNO4. The Hall–Kier alpha value is -2.08. The summed E-state index contributed by atoms with van der Waals surface area (Å²) in [6.07, 6.45) is 0. The van der Waals surface area contributed by atoms with Gasteiger partial charge in [-0.05, 0) is 39.7 Å². The molecule has 20 heavy (non-hydrogen) atoms. The van der Waals surface area contributed by atoms with Gasteiger partial charge in [0.1, 0.15) is 18.1 Å². The van der Waals surface area contributed by atoms with Crippen LogP contribution in [0.5, 0.6) is 11.5 Å². The van der Waals surface area contributed by atoms with Crippen LogP contribution in [0.15, 0.2) is 46.9 Å². The zero-order valence-corrected chi connectivity index (χ0v) is 12.3. The van der Waals surface area contributed by atoms with Crippen molar-refractivity contribution in [1.82, 2.24) is 0 Å². The van der Waals surface area contributed by atoms with Gasteiger partial charge in [0.15, 0.2) is 0 Å². The summed E-state index contributed by atoms with van der Waals surface area (Å²) >= 11 is 3.16. The van der Waals surface area contributed by atoms with E-state index in [-0.39, 0.29) is 5.69 Å². The van der Waals surface area contributed by atoms with E-state index in [1.54, 1.807) is 19.2 Å². The first kappa shape index (κ1) is 14.3. The number of hydrogen-bond donors (Lipinski definition) is 0. The van der Waals surface area contributed by atoms with Gasteiger partial charge in [-0.3, -0.25) is 10.1 Å². The van der Waals surface area contributed by atoms with Gasteiger partial charge in [-0.1, -0.05) is 12.1 Å². The average molecular weight is 338 g/mol. The topological polar surface area (TPSA) is 61.6 Å². The van der Waals surface area contributed by atoms with Crippen LogP contribution in [0, 0.1) is 10.1 Å². The number of benzene rings is 2. The molecular weight excluding hydrogens is 326 g/mol. The summed E-state index contributed by atoms with van der Waals surface area (Å²) in [7, 11) is 1.60. The van der Waals surface area contributed by atoms with Gasteiger partial charge >= 0.3 is 0 Å². The molecule has 0 N–H and O–H groups in total. The molecule has 0 aliphatic carbocycles. The summed E-state index contributed by atoms with van der Waals surface area (Å²) in [6, 6.07) is 12.1. The summed E-state index contributed by atoms with van der Waals surface area (Å²) in [5.41, 5.74) is 0.970. The molecule has 0 saturated carbocycles. The van der Waals surface area contributed by atoms with Gasteiger partial charge in [0.05, 0.1) is 16.5 Å².